The Bertz CT molecular complexity index is 764. The number of nitrogen functional groups attached to an aromatic ring is 1. The Labute approximate surface area is 155 Å². The third kappa shape index (κ3) is 4.12. The van der Waals surface area contributed by atoms with Crippen LogP contribution in [-0.4, -0.2) is 60.0 Å². The van der Waals surface area contributed by atoms with Gasteiger partial charge in [-0.05, 0) is 25.8 Å². The minimum absolute atomic E-state index is 0.471. The number of ether oxygens (including phenoxy) is 1. The van der Waals surface area contributed by atoms with Crippen LogP contribution >= 0.6 is 10.8 Å². The molecule has 4 N–H and O–H groups in total. The Morgan fingerprint density at radius 2 is 2.08 bits per heavy atom. The summed E-state index contributed by atoms with van der Waals surface area (Å²) in [6.45, 7) is 7.32. The fourth-order valence-electron chi connectivity index (χ4n) is 3.41. The van der Waals surface area contributed by atoms with Crippen LogP contribution in [0.15, 0.2) is 6.07 Å². The van der Waals surface area contributed by atoms with E-state index >= 15 is 0 Å². The lowest BCUT2D eigenvalue weighted by molar-refractivity contribution is 0.120. The van der Waals surface area contributed by atoms with Crippen LogP contribution in [0.4, 0.5) is 5.82 Å². The Morgan fingerprint density at radius 3 is 2.77 bits per heavy atom. The highest BCUT2D eigenvalue weighted by Crippen LogP contribution is 2.48. The van der Waals surface area contributed by atoms with E-state index in [4.69, 9.17) is 10.5 Å². The summed E-state index contributed by atoms with van der Waals surface area (Å²) in [5.41, 5.74) is 8.64. The topological polar surface area (TPSA) is 110 Å². The smallest absolute Gasteiger partial charge is 0.151 e. The summed E-state index contributed by atoms with van der Waals surface area (Å²) in [6.07, 6.45) is 2.46. The number of aryl methyl sites for hydroxylation is 2. The summed E-state index contributed by atoms with van der Waals surface area (Å²) in [4.78, 5) is 8.90. The molecule has 0 radical (unpaired) electrons. The zero-order valence-corrected chi connectivity index (χ0v) is 16.3. The molecule has 0 aromatic carbocycles. The lowest BCUT2D eigenvalue weighted by Gasteiger charge is -2.36. The molecule has 0 unspecified atom stereocenters. The van der Waals surface area contributed by atoms with Gasteiger partial charge in [0.1, 0.15) is 11.3 Å². The summed E-state index contributed by atoms with van der Waals surface area (Å²) >= 11 is 0. The van der Waals surface area contributed by atoms with Crippen LogP contribution in [0.1, 0.15) is 31.3 Å². The zero-order valence-electron chi connectivity index (χ0n) is 15.5. The van der Waals surface area contributed by atoms with Crippen molar-refractivity contribution < 1.29 is 13.8 Å². The van der Waals surface area contributed by atoms with E-state index < -0.39 is 10.8 Å². The van der Waals surface area contributed by atoms with Gasteiger partial charge in [-0.3, -0.25) is 9.11 Å². The first-order valence-corrected chi connectivity index (χ1v) is 10.8. The van der Waals surface area contributed by atoms with Crippen molar-refractivity contribution in [3.8, 4) is 0 Å². The lowest BCUT2D eigenvalue weighted by Crippen LogP contribution is -2.24. The quantitative estimate of drug-likeness (QED) is 0.601. The van der Waals surface area contributed by atoms with E-state index in [2.05, 4.69) is 21.5 Å². The van der Waals surface area contributed by atoms with Gasteiger partial charge in [-0.2, -0.15) is 0 Å². The first-order chi connectivity index (χ1) is 12.4. The van der Waals surface area contributed by atoms with E-state index in [0.29, 0.717) is 37.9 Å². The summed E-state index contributed by atoms with van der Waals surface area (Å²) in [6, 6.07) is 2.01. The average Bonchev–Trinajstić information content (AvgIpc) is 3.10. The standard InChI is InChI=1S/C17H29N5O3S/c1-3-15-20-16-14(12-13(2)19-17(16)18)22(15)8-10-25-9-4-6-21-7-5-11-26(21,23)24/h12,23-24H,3-11H2,1-2H3,(H2,18,19). The summed E-state index contributed by atoms with van der Waals surface area (Å²) in [7, 11) is -2.51. The van der Waals surface area contributed by atoms with Crippen LogP contribution in [0.5, 0.6) is 0 Å². The van der Waals surface area contributed by atoms with Crippen LogP contribution in [0.2, 0.25) is 0 Å². The minimum Gasteiger partial charge on any atom is -0.382 e. The van der Waals surface area contributed by atoms with Gasteiger partial charge in [-0.15, -0.1) is 10.8 Å². The first-order valence-electron chi connectivity index (χ1n) is 9.13. The maximum Gasteiger partial charge on any atom is 0.151 e. The second kappa shape index (κ2) is 8.10. The predicted molar refractivity (Wildman–Crippen MR) is 105 cm³/mol. The molecule has 1 aliphatic rings. The number of fused-ring (bicyclic) bond motifs is 1. The van der Waals surface area contributed by atoms with Crippen molar-refractivity contribution in [2.24, 2.45) is 0 Å². The van der Waals surface area contributed by atoms with Crippen LogP contribution in [0.3, 0.4) is 0 Å². The van der Waals surface area contributed by atoms with Gasteiger partial charge >= 0.3 is 0 Å². The molecule has 0 amide bonds. The number of nitrogens with zero attached hydrogens (tertiary/aromatic N) is 4. The van der Waals surface area contributed by atoms with Crippen LogP contribution in [0, 0.1) is 6.92 Å². The molecule has 146 valence electrons. The summed E-state index contributed by atoms with van der Waals surface area (Å²) < 4.78 is 29.5. The molecular formula is C17H29N5O3S. The largest absolute Gasteiger partial charge is 0.382 e. The molecule has 26 heavy (non-hydrogen) atoms. The number of aromatic nitrogens is 3. The summed E-state index contributed by atoms with van der Waals surface area (Å²) in [5, 5.41) is 0. The normalized spacial score (nSPS) is 18.6. The molecule has 0 aliphatic carbocycles. The Kier molecular flexibility index (Phi) is 6.03. The van der Waals surface area contributed by atoms with Crippen molar-refractivity contribution in [2.75, 3.05) is 37.8 Å². The molecule has 2 aromatic rings. The van der Waals surface area contributed by atoms with E-state index in [1.54, 1.807) is 4.31 Å². The van der Waals surface area contributed by atoms with Crippen molar-refractivity contribution in [1.29, 1.82) is 0 Å². The van der Waals surface area contributed by atoms with Gasteiger partial charge in [-0.1, -0.05) is 6.92 Å². The monoisotopic (exact) mass is 383 g/mol. The molecule has 8 nitrogen and oxygen atoms in total. The molecule has 1 fully saturated rings. The van der Waals surface area contributed by atoms with Gasteiger partial charge in [0.05, 0.1) is 17.9 Å². The molecular weight excluding hydrogens is 354 g/mol. The van der Waals surface area contributed by atoms with E-state index in [9.17, 15) is 9.11 Å². The van der Waals surface area contributed by atoms with E-state index in [1.165, 1.54) is 0 Å². The van der Waals surface area contributed by atoms with Crippen molar-refractivity contribution in [1.82, 2.24) is 18.8 Å². The fraction of sp³-hybridized carbons (Fsp3) is 0.647. The molecule has 1 aliphatic heterocycles. The molecule has 0 spiro atoms. The second-order valence-electron chi connectivity index (χ2n) is 6.63. The van der Waals surface area contributed by atoms with E-state index in [1.807, 2.05) is 13.0 Å². The SMILES string of the molecule is CCc1nc2c(N)nc(C)cc2n1CCOCCCN1CCCS1(O)O. The Hall–Kier alpha value is -1.39. The van der Waals surface area contributed by atoms with Gasteiger partial charge in [0.2, 0.25) is 0 Å². The van der Waals surface area contributed by atoms with Crippen LogP contribution in [0.25, 0.3) is 11.0 Å². The number of hydrogen-bond donors (Lipinski definition) is 3. The van der Waals surface area contributed by atoms with Gasteiger partial charge in [0.15, 0.2) is 5.82 Å². The van der Waals surface area contributed by atoms with Crippen molar-refractivity contribution >= 4 is 27.6 Å². The predicted octanol–water partition coefficient (Wildman–Crippen LogP) is 2.66. The number of pyridine rings is 1. The first kappa shape index (κ1) is 19.4. The molecule has 3 rings (SSSR count). The van der Waals surface area contributed by atoms with Gasteiger partial charge < -0.3 is 15.0 Å². The number of anilines is 1. The summed E-state index contributed by atoms with van der Waals surface area (Å²) in [5.74, 6) is 1.95. The molecule has 1 saturated heterocycles. The fourth-order valence-corrected chi connectivity index (χ4v) is 5.03. The van der Waals surface area contributed by atoms with Gasteiger partial charge in [-0.25, -0.2) is 14.3 Å². The zero-order chi connectivity index (χ0) is 18.7. The third-order valence-electron chi connectivity index (χ3n) is 4.68. The highest BCUT2D eigenvalue weighted by molar-refractivity contribution is 8.22. The van der Waals surface area contributed by atoms with Crippen LogP contribution < -0.4 is 5.73 Å². The highest BCUT2D eigenvalue weighted by atomic mass is 32.3. The van der Waals surface area contributed by atoms with Crippen molar-refractivity contribution in [3.05, 3.63) is 17.6 Å². The van der Waals surface area contributed by atoms with Crippen LogP contribution in [-0.2, 0) is 17.7 Å². The number of nitrogens with two attached hydrogens (primary N) is 1. The molecule has 0 bridgehead atoms. The number of rotatable bonds is 8. The Morgan fingerprint density at radius 1 is 1.27 bits per heavy atom. The third-order valence-corrected chi connectivity index (χ3v) is 6.71. The van der Waals surface area contributed by atoms with E-state index in [-0.39, 0.29) is 0 Å². The van der Waals surface area contributed by atoms with E-state index in [0.717, 1.165) is 48.4 Å². The van der Waals surface area contributed by atoms with Crippen molar-refractivity contribution in [2.45, 2.75) is 39.7 Å². The number of hydrogen-bond acceptors (Lipinski definition) is 7. The molecule has 9 heteroatoms. The molecule has 0 atom stereocenters. The molecule has 3 heterocycles. The minimum atomic E-state index is -2.51. The van der Waals surface area contributed by atoms with Crippen molar-refractivity contribution in [3.63, 3.8) is 0 Å². The van der Waals surface area contributed by atoms with Gasteiger partial charge in [0.25, 0.3) is 0 Å². The second-order valence-corrected chi connectivity index (χ2v) is 8.82. The maximum atomic E-state index is 9.88. The van der Waals surface area contributed by atoms with Gasteiger partial charge in [0, 0.05) is 38.4 Å². The molecule has 2 aromatic heterocycles. The number of imidazole rings is 1. The average molecular weight is 384 g/mol. The molecule has 0 saturated carbocycles. The maximum absolute atomic E-state index is 9.88. The Balaban J connectivity index is 1.52. The highest BCUT2D eigenvalue weighted by Gasteiger charge is 2.27. The lowest BCUT2D eigenvalue weighted by atomic mass is 10.3.